The fraction of sp³-hybridized carbons (Fsp3) is 0.409. The van der Waals surface area contributed by atoms with E-state index in [-0.39, 0.29) is 23.7 Å². The summed E-state index contributed by atoms with van der Waals surface area (Å²) in [5.41, 5.74) is 2.86. The van der Waals surface area contributed by atoms with Gasteiger partial charge in [0.1, 0.15) is 6.04 Å². The Hall–Kier alpha value is -2.94. The predicted octanol–water partition coefficient (Wildman–Crippen LogP) is 4.52. The van der Waals surface area contributed by atoms with Crippen LogP contribution in [0.25, 0.3) is 0 Å². The van der Waals surface area contributed by atoms with E-state index >= 15 is 0 Å². The van der Waals surface area contributed by atoms with Gasteiger partial charge in [0.25, 0.3) is 5.69 Å². The summed E-state index contributed by atoms with van der Waals surface area (Å²) in [6.07, 6.45) is 1.18. The molecule has 0 unspecified atom stereocenters. The molecule has 0 heterocycles. The zero-order valence-corrected chi connectivity index (χ0v) is 19.5. The number of rotatable bonds is 8. The highest BCUT2D eigenvalue weighted by atomic mass is 32.2. The van der Waals surface area contributed by atoms with Crippen molar-refractivity contribution in [2.75, 3.05) is 15.9 Å². The van der Waals surface area contributed by atoms with Crippen molar-refractivity contribution in [3.05, 3.63) is 63.2 Å². The molecule has 0 aliphatic carbocycles. The van der Waals surface area contributed by atoms with E-state index in [1.165, 1.54) is 18.2 Å². The van der Waals surface area contributed by atoms with Crippen LogP contribution in [0.4, 0.5) is 17.1 Å². The van der Waals surface area contributed by atoms with Gasteiger partial charge in [-0.3, -0.25) is 19.2 Å². The molecule has 2 rings (SSSR count). The fourth-order valence-electron chi connectivity index (χ4n) is 3.53. The number of sulfonamides is 1. The van der Waals surface area contributed by atoms with E-state index < -0.39 is 26.9 Å². The lowest BCUT2D eigenvalue weighted by molar-refractivity contribution is -0.384. The fourth-order valence-corrected chi connectivity index (χ4v) is 4.79. The van der Waals surface area contributed by atoms with Crippen LogP contribution in [0.3, 0.4) is 0 Å². The third-order valence-electron chi connectivity index (χ3n) is 5.15. The quantitative estimate of drug-likeness (QED) is 0.473. The lowest BCUT2D eigenvalue weighted by atomic mass is 9.98. The van der Waals surface area contributed by atoms with Crippen LogP contribution >= 0.6 is 0 Å². The van der Waals surface area contributed by atoms with Gasteiger partial charge in [-0.15, -0.1) is 0 Å². The molecule has 168 valence electrons. The van der Waals surface area contributed by atoms with Gasteiger partial charge in [-0.05, 0) is 42.9 Å². The van der Waals surface area contributed by atoms with Gasteiger partial charge in [-0.25, -0.2) is 8.42 Å². The Labute approximate surface area is 183 Å². The molecule has 2 aromatic rings. The molecule has 8 nitrogen and oxygen atoms in total. The molecule has 0 aromatic heterocycles. The van der Waals surface area contributed by atoms with Crippen molar-refractivity contribution in [1.29, 1.82) is 0 Å². The smallest absolute Gasteiger partial charge is 0.271 e. The van der Waals surface area contributed by atoms with Gasteiger partial charge in [0.15, 0.2) is 0 Å². The van der Waals surface area contributed by atoms with Crippen LogP contribution in [0.5, 0.6) is 0 Å². The summed E-state index contributed by atoms with van der Waals surface area (Å²) < 4.78 is 26.5. The van der Waals surface area contributed by atoms with E-state index in [1.54, 1.807) is 13.8 Å². The number of hydrogen-bond acceptors (Lipinski definition) is 5. The molecule has 0 aliphatic rings. The number of nitrogens with zero attached hydrogens (tertiary/aromatic N) is 2. The lowest BCUT2D eigenvalue weighted by Gasteiger charge is -2.31. The zero-order valence-electron chi connectivity index (χ0n) is 18.7. The highest BCUT2D eigenvalue weighted by molar-refractivity contribution is 7.92. The summed E-state index contributed by atoms with van der Waals surface area (Å²) in [7, 11) is -3.92. The van der Waals surface area contributed by atoms with Gasteiger partial charge in [0.2, 0.25) is 15.9 Å². The number of nitro groups is 1. The van der Waals surface area contributed by atoms with Crippen molar-refractivity contribution in [1.82, 2.24) is 0 Å². The molecule has 0 fully saturated rings. The SMILES string of the molecule is CC[C@@H](C(=O)Nc1c(C)cccc1C(C)C)N(c1cc([N+](=O)[O-])ccc1C)S(C)(=O)=O. The summed E-state index contributed by atoms with van der Waals surface area (Å²) >= 11 is 0. The molecule has 31 heavy (non-hydrogen) atoms. The molecule has 0 aliphatic heterocycles. The molecule has 0 radical (unpaired) electrons. The van der Waals surface area contributed by atoms with Crippen molar-refractivity contribution in [2.45, 2.75) is 53.0 Å². The molecule has 0 saturated carbocycles. The van der Waals surface area contributed by atoms with Gasteiger partial charge in [-0.1, -0.05) is 45.0 Å². The second-order valence-corrected chi connectivity index (χ2v) is 9.75. The monoisotopic (exact) mass is 447 g/mol. The van der Waals surface area contributed by atoms with E-state index in [2.05, 4.69) is 5.32 Å². The molecule has 1 N–H and O–H groups in total. The number of benzene rings is 2. The molecule has 0 saturated heterocycles. The lowest BCUT2D eigenvalue weighted by Crippen LogP contribution is -2.47. The first-order valence-electron chi connectivity index (χ1n) is 10.0. The van der Waals surface area contributed by atoms with Crippen LogP contribution < -0.4 is 9.62 Å². The molecule has 1 atom stereocenters. The van der Waals surface area contributed by atoms with E-state index in [0.717, 1.165) is 21.7 Å². The van der Waals surface area contributed by atoms with Crippen molar-refractivity contribution in [3.8, 4) is 0 Å². The van der Waals surface area contributed by atoms with Crippen LogP contribution in [0.1, 0.15) is 49.8 Å². The standard InChI is InChI=1S/C22H29N3O5S/c1-7-19(22(26)23-21-16(5)9-8-10-18(21)14(2)3)24(31(6,29)30)20-13-17(25(27)28)12-11-15(20)4/h8-14,19H,7H2,1-6H3,(H,23,26)/t19-/m0/s1. The van der Waals surface area contributed by atoms with Crippen molar-refractivity contribution >= 4 is 33.0 Å². The number of amides is 1. The highest BCUT2D eigenvalue weighted by Crippen LogP contribution is 2.32. The van der Waals surface area contributed by atoms with Gasteiger partial charge < -0.3 is 5.32 Å². The predicted molar refractivity (Wildman–Crippen MR) is 123 cm³/mol. The third-order valence-corrected chi connectivity index (χ3v) is 6.31. The van der Waals surface area contributed by atoms with E-state index in [9.17, 15) is 23.3 Å². The normalized spacial score (nSPS) is 12.5. The number of carbonyl (C=O) groups is 1. The van der Waals surface area contributed by atoms with Gasteiger partial charge in [0.05, 0.1) is 16.9 Å². The largest absolute Gasteiger partial charge is 0.324 e. The number of nitro benzene ring substituents is 1. The number of hydrogen-bond donors (Lipinski definition) is 1. The first-order valence-corrected chi connectivity index (χ1v) is 11.9. The molecule has 1 amide bonds. The summed E-state index contributed by atoms with van der Waals surface area (Å²) in [4.78, 5) is 24.0. The Morgan fingerprint density at radius 2 is 1.81 bits per heavy atom. The maximum Gasteiger partial charge on any atom is 0.271 e. The third kappa shape index (κ3) is 5.41. The van der Waals surface area contributed by atoms with Crippen molar-refractivity contribution < 1.29 is 18.1 Å². The van der Waals surface area contributed by atoms with Crippen LogP contribution in [-0.4, -0.2) is 31.5 Å². The maximum atomic E-state index is 13.3. The second-order valence-electron chi connectivity index (χ2n) is 7.89. The average Bonchev–Trinajstić information content (AvgIpc) is 2.66. The number of carbonyl (C=O) groups excluding carboxylic acids is 1. The Morgan fingerprint density at radius 1 is 1.16 bits per heavy atom. The van der Waals surface area contributed by atoms with E-state index in [0.29, 0.717) is 11.3 Å². The minimum atomic E-state index is -3.92. The number of aryl methyl sites for hydroxylation is 2. The average molecular weight is 448 g/mol. The van der Waals surface area contributed by atoms with E-state index in [4.69, 9.17) is 0 Å². The Morgan fingerprint density at radius 3 is 2.32 bits per heavy atom. The second kappa shape index (κ2) is 9.47. The van der Waals surface area contributed by atoms with Crippen LogP contribution in [-0.2, 0) is 14.8 Å². The molecule has 2 aromatic carbocycles. The summed E-state index contributed by atoms with van der Waals surface area (Å²) in [6.45, 7) is 9.26. The van der Waals surface area contributed by atoms with Gasteiger partial charge in [-0.2, -0.15) is 0 Å². The maximum absolute atomic E-state index is 13.3. The molecular weight excluding hydrogens is 418 g/mol. The number of nitrogens with one attached hydrogen (secondary N) is 1. The van der Waals surface area contributed by atoms with Crippen molar-refractivity contribution in [2.24, 2.45) is 0 Å². The molecular formula is C22H29N3O5S. The topological polar surface area (TPSA) is 110 Å². The first kappa shape index (κ1) is 24.3. The minimum Gasteiger partial charge on any atom is -0.324 e. The van der Waals surface area contributed by atoms with Gasteiger partial charge >= 0.3 is 0 Å². The summed E-state index contributed by atoms with van der Waals surface area (Å²) in [6, 6.07) is 8.62. The first-order chi connectivity index (χ1) is 14.4. The van der Waals surface area contributed by atoms with Crippen molar-refractivity contribution in [3.63, 3.8) is 0 Å². The Balaban J connectivity index is 2.57. The van der Waals surface area contributed by atoms with Crippen LogP contribution in [0.2, 0.25) is 0 Å². The van der Waals surface area contributed by atoms with Gasteiger partial charge in [0, 0.05) is 17.8 Å². The minimum absolute atomic E-state index is 0.118. The Bertz CT molecular complexity index is 1100. The molecule has 0 spiro atoms. The molecule has 0 bridgehead atoms. The Kier molecular flexibility index (Phi) is 7.43. The number of para-hydroxylation sites is 1. The molecule has 9 heteroatoms. The number of non-ortho nitro benzene ring substituents is 1. The highest BCUT2D eigenvalue weighted by Gasteiger charge is 2.34. The number of anilines is 2. The van der Waals surface area contributed by atoms with Crippen LogP contribution in [0, 0.1) is 24.0 Å². The zero-order chi connectivity index (χ0) is 23.5. The van der Waals surface area contributed by atoms with E-state index in [1.807, 2.05) is 39.0 Å². The van der Waals surface area contributed by atoms with Crippen LogP contribution in [0.15, 0.2) is 36.4 Å². The summed E-state index contributed by atoms with van der Waals surface area (Å²) in [5, 5.41) is 14.2. The summed E-state index contributed by atoms with van der Waals surface area (Å²) in [5.74, 6) is -0.338.